The minimum atomic E-state index is -0.405. The Kier molecular flexibility index (Phi) is 4.55. The number of hydrogen-bond acceptors (Lipinski definition) is 4. The Labute approximate surface area is 113 Å². The molecule has 1 aromatic heterocycles. The predicted molar refractivity (Wildman–Crippen MR) is 71.6 cm³/mol. The number of ether oxygens (including phenoxy) is 1. The molecule has 106 valence electrons. The highest BCUT2D eigenvalue weighted by atomic mass is 16.5. The first-order chi connectivity index (χ1) is 9.18. The van der Waals surface area contributed by atoms with Gasteiger partial charge >= 0.3 is 0 Å². The topological polar surface area (TPSA) is 79.0 Å². The molecule has 0 saturated carbocycles. The molecular weight excluding hydrogens is 244 g/mol. The molecule has 2 rings (SSSR count). The van der Waals surface area contributed by atoms with Crippen LogP contribution >= 0.6 is 0 Å². The minimum absolute atomic E-state index is 0.0464. The lowest BCUT2D eigenvalue weighted by atomic mass is 9.78. The third-order valence-electron chi connectivity index (χ3n) is 3.83. The number of piperidine rings is 1. The molecule has 2 heterocycles. The molecule has 0 aromatic carbocycles. The number of nitrogens with one attached hydrogen (secondary N) is 3. The molecule has 0 bridgehead atoms. The molecule has 1 saturated heterocycles. The zero-order valence-corrected chi connectivity index (χ0v) is 11.5. The number of H-pyrrole nitrogens is 1. The maximum absolute atomic E-state index is 12.6. The Morgan fingerprint density at radius 2 is 2.32 bits per heavy atom. The number of methoxy groups -OCH3 is 1. The lowest BCUT2D eigenvalue weighted by Crippen LogP contribution is -2.50. The van der Waals surface area contributed by atoms with Gasteiger partial charge < -0.3 is 15.4 Å². The van der Waals surface area contributed by atoms with Crippen LogP contribution < -0.4 is 10.6 Å². The summed E-state index contributed by atoms with van der Waals surface area (Å²) in [5.74, 6) is 0.0737. The summed E-state index contributed by atoms with van der Waals surface area (Å²) < 4.78 is 5.27. The first kappa shape index (κ1) is 14.0. The van der Waals surface area contributed by atoms with Crippen molar-refractivity contribution in [3.63, 3.8) is 0 Å². The number of carbonyl (C=O) groups is 1. The van der Waals surface area contributed by atoms with Crippen molar-refractivity contribution in [3.05, 3.63) is 18.0 Å². The van der Waals surface area contributed by atoms with E-state index in [1.165, 1.54) is 0 Å². The Balaban J connectivity index is 2.03. The first-order valence-electron chi connectivity index (χ1n) is 6.67. The van der Waals surface area contributed by atoms with Crippen LogP contribution in [0.1, 0.15) is 31.4 Å². The lowest BCUT2D eigenvalue weighted by Gasteiger charge is -2.36. The van der Waals surface area contributed by atoms with Crippen LogP contribution in [-0.2, 0) is 9.53 Å². The Morgan fingerprint density at radius 1 is 1.58 bits per heavy atom. The third-order valence-corrected chi connectivity index (χ3v) is 3.83. The van der Waals surface area contributed by atoms with E-state index in [1.54, 1.807) is 19.5 Å². The van der Waals surface area contributed by atoms with E-state index < -0.39 is 5.41 Å². The SMILES string of the molecule is COCC1(C(=O)NC(C)c2cn[nH]c2)CCNCC1. The number of carbonyl (C=O) groups excluding carboxylic acids is 1. The monoisotopic (exact) mass is 266 g/mol. The Morgan fingerprint density at radius 3 is 2.89 bits per heavy atom. The molecule has 1 aliphatic heterocycles. The molecule has 1 fully saturated rings. The quantitative estimate of drug-likeness (QED) is 0.729. The molecule has 1 amide bonds. The van der Waals surface area contributed by atoms with E-state index >= 15 is 0 Å². The molecule has 0 aliphatic carbocycles. The second-order valence-electron chi connectivity index (χ2n) is 5.19. The van der Waals surface area contributed by atoms with Crippen molar-refractivity contribution in [2.45, 2.75) is 25.8 Å². The summed E-state index contributed by atoms with van der Waals surface area (Å²) in [6.45, 7) is 4.15. The van der Waals surface area contributed by atoms with Gasteiger partial charge in [0.15, 0.2) is 0 Å². The highest BCUT2D eigenvalue weighted by Gasteiger charge is 2.40. The molecule has 19 heavy (non-hydrogen) atoms. The molecule has 6 heteroatoms. The van der Waals surface area contributed by atoms with Crippen LogP contribution in [0.5, 0.6) is 0 Å². The van der Waals surface area contributed by atoms with Crippen molar-refractivity contribution in [2.24, 2.45) is 5.41 Å². The lowest BCUT2D eigenvalue weighted by molar-refractivity contribution is -0.136. The second-order valence-corrected chi connectivity index (χ2v) is 5.19. The minimum Gasteiger partial charge on any atom is -0.384 e. The number of aromatic amines is 1. The largest absolute Gasteiger partial charge is 0.384 e. The van der Waals surface area contributed by atoms with Gasteiger partial charge in [-0.3, -0.25) is 9.89 Å². The van der Waals surface area contributed by atoms with Crippen molar-refractivity contribution in [2.75, 3.05) is 26.8 Å². The van der Waals surface area contributed by atoms with Crippen molar-refractivity contribution in [1.82, 2.24) is 20.8 Å². The van der Waals surface area contributed by atoms with E-state index in [9.17, 15) is 4.79 Å². The van der Waals surface area contributed by atoms with Crippen LogP contribution in [0.2, 0.25) is 0 Å². The van der Waals surface area contributed by atoms with Gasteiger partial charge in [0, 0.05) is 18.9 Å². The van der Waals surface area contributed by atoms with Crippen LogP contribution in [0.15, 0.2) is 12.4 Å². The van der Waals surface area contributed by atoms with Crippen molar-refractivity contribution in [3.8, 4) is 0 Å². The van der Waals surface area contributed by atoms with Crippen LogP contribution in [0.25, 0.3) is 0 Å². The summed E-state index contributed by atoms with van der Waals surface area (Å²) in [4.78, 5) is 12.6. The number of hydrogen-bond donors (Lipinski definition) is 3. The maximum Gasteiger partial charge on any atom is 0.229 e. The van der Waals surface area contributed by atoms with Gasteiger partial charge in [0.1, 0.15) is 0 Å². The zero-order chi connectivity index (χ0) is 13.7. The molecule has 1 atom stereocenters. The highest BCUT2D eigenvalue weighted by Crippen LogP contribution is 2.30. The van der Waals surface area contributed by atoms with E-state index in [2.05, 4.69) is 20.8 Å². The highest BCUT2D eigenvalue weighted by molar-refractivity contribution is 5.83. The summed E-state index contributed by atoms with van der Waals surface area (Å²) in [5.41, 5.74) is 0.577. The van der Waals surface area contributed by atoms with E-state index in [0.29, 0.717) is 6.61 Å². The normalized spacial score (nSPS) is 19.9. The summed E-state index contributed by atoms with van der Waals surface area (Å²) >= 11 is 0. The summed E-state index contributed by atoms with van der Waals surface area (Å²) in [6, 6.07) is -0.0464. The molecular formula is C13H22N4O2. The van der Waals surface area contributed by atoms with Gasteiger partial charge in [0.2, 0.25) is 5.91 Å². The summed E-state index contributed by atoms with van der Waals surface area (Å²) in [6.07, 6.45) is 5.16. The molecule has 1 aliphatic rings. The third kappa shape index (κ3) is 3.13. The fraction of sp³-hybridized carbons (Fsp3) is 0.692. The molecule has 6 nitrogen and oxygen atoms in total. The van der Waals surface area contributed by atoms with Gasteiger partial charge in [0.25, 0.3) is 0 Å². The van der Waals surface area contributed by atoms with Gasteiger partial charge in [-0.25, -0.2) is 0 Å². The van der Waals surface area contributed by atoms with E-state index in [1.807, 2.05) is 6.92 Å². The van der Waals surface area contributed by atoms with Gasteiger partial charge in [-0.05, 0) is 32.9 Å². The fourth-order valence-electron chi connectivity index (χ4n) is 2.55. The maximum atomic E-state index is 12.6. The number of aromatic nitrogens is 2. The van der Waals surface area contributed by atoms with Crippen molar-refractivity contribution < 1.29 is 9.53 Å². The van der Waals surface area contributed by atoms with Crippen LogP contribution in [0, 0.1) is 5.41 Å². The summed E-state index contributed by atoms with van der Waals surface area (Å²) in [5, 5.41) is 13.0. The number of nitrogens with zero attached hydrogens (tertiary/aromatic N) is 1. The van der Waals surface area contributed by atoms with Gasteiger partial charge in [0.05, 0.1) is 24.3 Å². The van der Waals surface area contributed by atoms with Gasteiger partial charge in [-0.15, -0.1) is 0 Å². The standard InChI is InChI=1S/C13H22N4O2/c1-10(11-7-15-16-8-11)17-12(18)13(9-19-2)3-5-14-6-4-13/h7-8,10,14H,3-6,9H2,1-2H3,(H,15,16)(H,17,18). The average molecular weight is 266 g/mol. The molecule has 1 unspecified atom stereocenters. The fourth-order valence-corrected chi connectivity index (χ4v) is 2.55. The molecule has 3 N–H and O–H groups in total. The zero-order valence-electron chi connectivity index (χ0n) is 11.5. The van der Waals surface area contributed by atoms with E-state index in [4.69, 9.17) is 4.74 Å². The average Bonchev–Trinajstić information content (AvgIpc) is 2.94. The van der Waals surface area contributed by atoms with Gasteiger partial charge in [-0.2, -0.15) is 5.10 Å². The molecule has 0 radical (unpaired) electrons. The number of amides is 1. The Bertz CT molecular complexity index is 393. The first-order valence-corrected chi connectivity index (χ1v) is 6.67. The van der Waals surface area contributed by atoms with Crippen molar-refractivity contribution in [1.29, 1.82) is 0 Å². The van der Waals surface area contributed by atoms with E-state index in [0.717, 1.165) is 31.5 Å². The van der Waals surface area contributed by atoms with E-state index in [-0.39, 0.29) is 11.9 Å². The predicted octanol–water partition coefficient (Wildman–Crippen LogP) is 0.603. The Hall–Kier alpha value is -1.40. The molecule has 1 aromatic rings. The van der Waals surface area contributed by atoms with Gasteiger partial charge in [-0.1, -0.05) is 0 Å². The van der Waals surface area contributed by atoms with Crippen LogP contribution in [-0.4, -0.2) is 42.9 Å². The second kappa shape index (κ2) is 6.16. The molecule has 0 spiro atoms. The smallest absolute Gasteiger partial charge is 0.229 e. The van der Waals surface area contributed by atoms with Crippen LogP contribution in [0.4, 0.5) is 0 Å². The van der Waals surface area contributed by atoms with Crippen molar-refractivity contribution >= 4 is 5.91 Å². The number of rotatable bonds is 5. The van der Waals surface area contributed by atoms with Crippen LogP contribution in [0.3, 0.4) is 0 Å². The summed E-state index contributed by atoms with van der Waals surface area (Å²) in [7, 11) is 1.65.